The normalized spacial score (nSPS) is 12.5. The van der Waals surface area contributed by atoms with E-state index in [2.05, 4.69) is 12.2 Å². The second kappa shape index (κ2) is 8.68. The van der Waals surface area contributed by atoms with Crippen molar-refractivity contribution in [3.63, 3.8) is 0 Å². The molecule has 0 rings (SSSR count). The van der Waals surface area contributed by atoms with Crippen LogP contribution in [0, 0.1) is 0 Å². The van der Waals surface area contributed by atoms with E-state index >= 15 is 0 Å². The summed E-state index contributed by atoms with van der Waals surface area (Å²) in [6.07, 6.45) is 0.933. The van der Waals surface area contributed by atoms with E-state index in [0.717, 1.165) is 26.1 Å². The van der Waals surface area contributed by atoms with Crippen molar-refractivity contribution in [2.24, 2.45) is 0 Å². The molecule has 0 saturated heterocycles. The summed E-state index contributed by atoms with van der Waals surface area (Å²) in [6.45, 7) is 8.77. The number of hydrogen-bond donors (Lipinski definition) is 1. The van der Waals surface area contributed by atoms with Gasteiger partial charge < -0.3 is 15.0 Å². The van der Waals surface area contributed by atoms with Crippen LogP contribution in [-0.4, -0.2) is 50.2 Å². The highest BCUT2D eigenvalue weighted by Gasteiger charge is 2.10. The molecule has 0 saturated carbocycles. The van der Waals surface area contributed by atoms with Gasteiger partial charge in [-0.05, 0) is 27.2 Å². The quantitative estimate of drug-likeness (QED) is 0.654. The highest BCUT2D eigenvalue weighted by Crippen LogP contribution is 1.92. The average molecular weight is 216 g/mol. The predicted octanol–water partition coefficient (Wildman–Crippen LogP) is 0.869. The largest absolute Gasteiger partial charge is 0.385 e. The van der Waals surface area contributed by atoms with Crippen molar-refractivity contribution in [1.29, 1.82) is 0 Å². The van der Waals surface area contributed by atoms with E-state index < -0.39 is 0 Å². The Kier molecular flexibility index (Phi) is 8.33. The van der Waals surface area contributed by atoms with Crippen molar-refractivity contribution < 1.29 is 9.53 Å². The zero-order valence-corrected chi connectivity index (χ0v) is 10.4. The number of amides is 1. The van der Waals surface area contributed by atoms with Crippen LogP contribution in [-0.2, 0) is 9.53 Å². The molecule has 1 amide bonds. The lowest BCUT2D eigenvalue weighted by Gasteiger charge is -2.20. The summed E-state index contributed by atoms with van der Waals surface area (Å²) in [5, 5.41) is 3.20. The molecular weight excluding hydrogens is 192 g/mol. The zero-order valence-electron chi connectivity index (χ0n) is 10.4. The maximum Gasteiger partial charge on any atom is 0.236 e. The van der Waals surface area contributed by atoms with Gasteiger partial charge in [0.25, 0.3) is 0 Å². The van der Waals surface area contributed by atoms with Crippen LogP contribution in [0.15, 0.2) is 0 Å². The Morgan fingerprint density at radius 1 is 1.40 bits per heavy atom. The van der Waals surface area contributed by atoms with Crippen LogP contribution < -0.4 is 5.32 Å². The van der Waals surface area contributed by atoms with Crippen LogP contribution in [0.4, 0.5) is 0 Å². The maximum atomic E-state index is 11.6. The topological polar surface area (TPSA) is 41.6 Å². The molecule has 0 aromatic rings. The Balaban J connectivity index is 3.69. The first-order chi connectivity index (χ1) is 7.15. The molecule has 0 heterocycles. The third-order valence-electron chi connectivity index (χ3n) is 2.47. The Morgan fingerprint density at radius 3 is 2.47 bits per heavy atom. The molecule has 1 atom stereocenters. The SMILES string of the molecule is CCN(CC)C(=O)CNC(C)CCOC. The van der Waals surface area contributed by atoms with Gasteiger partial charge in [0.1, 0.15) is 0 Å². The van der Waals surface area contributed by atoms with Crippen molar-refractivity contribution in [2.45, 2.75) is 33.2 Å². The Bertz CT molecular complexity index is 170. The second-order valence-corrected chi connectivity index (χ2v) is 3.63. The van der Waals surface area contributed by atoms with Crippen LogP contribution in [0.2, 0.25) is 0 Å². The van der Waals surface area contributed by atoms with E-state index in [1.165, 1.54) is 0 Å². The van der Waals surface area contributed by atoms with Gasteiger partial charge in [-0.15, -0.1) is 0 Å². The standard InChI is InChI=1S/C11H24N2O2/c1-5-13(6-2)11(14)9-12-10(3)7-8-15-4/h10,12H,5-9H2,1-4H3. The molecule has 0 aliphatic rings. The molecule has 0 fully saturated rings. The molecule has 15 heavy (non-hydrogen) atoms. The third-order valence-corrected chi connectivity index (χ3v) is 2.47. The third kappa shape index (κ3) is 6.47. The van der Waals surface area contributed by atoms with Gasteiger partial charge in [-0.3, -0.25) is 4.79 Å². The first kappa shape index (κ1) is 14.4. The summed E-state index contributed by atoms with van der Waals surface area (Å²) in [7, 11) is 1.69. The summed E-state index contributed by atoms with van der Waals surface area (Å²) in [6, 6.07) is 0.324. The van der Waals surface area contributed by atoms with Crippen molar-refractivity contribution >= 4 is 5.91 Å². The van der Waals surface area contributed by atoms with Gasteiger partial charge >= 0.3 is 0 Å². The van der Waals surface area contributed by atoms with Crippen molar-refractivity contribution in [2.75, 3.05) is 33.4 Å². The van der Waals surface area contributed by atoms with E-state index in [1.54, 1.807) is 7.11 Å². The molecule has 90 valence electrons. The minimum absolute atomic E-state index is 0.171. The van der Waals surface area contributed by atoms with Crippen LogP contribution in [0.3, 0.4) is 0 Å². The van der Waals surface area contributed by atoms with E-state index in [4.69, 9.17) is 4.74 Å². The smallest absolute Gasteiger partial charge is 0.236 e. The average Bonchev–Trinajstić information content (AvgIpc) is 2.25. The Labute approximate surface area is 93.0 Å². The van der Waals surface area contributed by atoms with Crippen LogP contribution >= 0.6 is 0 Å². The summed E-state index contributed by atoms with van der Waals surface area (Å²) in [5.74, 6) is 0.171. The van der Waals surface area contributed by atoms with Gasteiger partial charge in [-0.2, -0.15) is 0 Å². The van der Waals surface area contributed by atoms with Crippen LogP contribution in [0.25, 0.3) is 0 Å². The monoisotopic (exact) mass is 216 g/mol. The van der Waals surface area contributed by atoms with Crippen LogP contribution in [0.1, 0.15) is 27.2 Å². The fraction of sp³-hybridized carbons (Fsp3) is 0.909. The van der Waals surface area contributed by atoms with Crippen molar-refractivity contribution in [1.82, 2.24) is 10.2 Å². The summed E-state index contributed by atoms with van der Waals surface area (Å²) < 4.78 is 4.97. The highest BCUT2D eigenvalue weighted by molar-refractivity contribution is 5.78. The predicted molar refractivity (Wildman–Crippen MR) is 61.9 cm³/mol. The molecular formula is C11H24N2O2. The summed E-state index contributed by atoms with van der Waals surface area (Å²) in [4.78, 5) is 13.4. The molecule has 0 spiro atoms. The lowest BCUT2D eigenvalue weighted by atomic mass is 10.2. The molecule has 0 aliphatic heterocycles. The van der Waals surface area contributed by atoms with E-state index in [9.17, 15) is 4.79 Å². The number of rotatable bonds is 8. The van der Waals surface area contributed by atoms with Gasteiger partial charge in [0.2, 0.25) is 5.91 Å². The molecule has 0 aliphatic carbocycles. The molecule has 4 heteroatoms. The molecule has 0 bridgehead atoms. The number of ether oxygens (including phenoxy) is 1. The minimum atomic E-state index is 0.171. The lowest BCUT2D eigenvalue weighted by Crippen LogP contribution is -2.41. The fourth-order valence-corrected chi connectivity index (χ4v) is 1.35. The lowest BCUT2D eigenvalue weighted by molar-refractivity contribution is -0.130. The van der Waals surface area contributed by atoms with Crippen molar-refractivity contribution in [3.8, 4) is 0 Å². The first-order valence-electron chi connectivity index (χ1n) is 5.65. The molecule has 0 aromatic carbocycles. The zero-order chi connectivity index (χ0) is 11.7. The molecule has 1 unspecified atom stereocenters. The first-order valence-corrected chi connectivity index (χ1v) is 5.65. The van der Waals surface area contributed by atoms with Gasteiger partial charge in [-0.25, -0.2) is 0 Å². The number of hydrogen-bond acceptors (Lipinski definition) is 3. The number of carbonyl (C=O) groups excluding carboxylic acids is 1. The van der Waals surface area contributed by atoms with Gasteiger partial charge in [-0.1, -0.05) is 0 Å². The van der Waals surface area contributed by atoms with Gasteiger partial charge in [0, 0.05) is 32.8 Å². The van der Waals surface area contributed by atoms with Gasteiger partial charge in [0.05, 0.1) is 6.54 Å². The number of nitrogens with zero attached hydrogens (tertiary/aromatic N) is 1. The van der Waals surface area contributed by atoms with Gasteiger partial charge in [0.15, 0.2) is 0 Å². The van der Waals surface area contributed by atoms with E-state index in [1.807, 2.05) is 18.7 Å². The van der Waals surface area contributed by atoms with Crippen molar-refractivity contribution in [3.05, 3.63) is 0 Å². The number of methoxy groups -OCH3 is 1. The Morgan fingerprint density at radius 2 is 2.00 bits per heavy atom. The van der Waals surface area contributed by atoms with E-state index in [0.29, 0.717) is 12.6 Å². The second-order valence-electron chi connectivity index (χ2n) is 3.63. The minimum Gasteiger partial charge on any atom is -0.385 e. The molecule has 1 N–H and O–H groups in total. The Hall–Kier alpha value is -0.610. The molecule has 4 nitrogen and oxygen atoms in total. The summed E-state index contributed by atoms with van der Waals surface area (Å²) >= 11 is 0. The summed E-state index contributed by atoms with van der Waals surface area (Å²) in [5.41, 5.74) is 0. The fourth-order valence-electron chi connectivity index (χ4n) is 1.35. The van der Waals surface area contributed by atoms with Crippen LogP contribution in [0.5, 0.6) is 0 Å². The number of likely N-dealkylation sites (N-methyl/N-ethyl adjacent to an activating group) is 1. The highest BCUT2D eigenvalue weighted by atomic mass is 16.5. The molecule has 0 radical (unpaired) electrons. The van der Waals surface area contributed by atoms with E-state index in [-0.39, 0.29) is 5.91 Å². The number of nitrogens with one attached hydrogen (secondary N) is 1. The maximum absolute atomic E-state index is 11.6. The number of carbonyl (C=O) groups is 1. The molecule has 0 aromatic heterocycles.